The predicted molar refractivity (Wildman–Crippen MR) is 52.8 cm³/mol. The fourth-order valence-corrected chi connectivity index (χ4v) is 1.37. The van der Waals surface area contributed by atoms with Crippen molar-refractivity contribution in [3.05, 3.63) is 0 Å². The predicted octanol–water partition coefficient (Wildman–Crippen LogP) is 3.45. The second kappa shape index (κ2) is 3.81. The Bertz CT molecular complexity index is 105. The highest BCUT2D eigenvalue weighted by atomic mass is 32.1. The van der Waals surface area contributed by atoms with Crippen molar-refractivity contribution in [3.8, 4) is 0 Å². The molecule has 1 nitrogen and oxygen atoms in total. The summed E-state index contributed by atoms with van der Waals surface area (Å²) in [5, 5.41) is 0. The highest BCUT2D eigenvalue weighted by Crippen LogP contribution is 2.33. The molecule has 2 heteroatoms. The minimum atomic E-state index is -0.109. The summed E-state index contributed by atoms with van der Waals surface area (Å²) < 4.78 is 5.07. The van der Waals surface area contributed by atoms with Gasteiger partial charge in [0.25, 0.3) is 0 Å². The van der Waals surface area contributed by atoms with Crippen LogP contribution in [0.15, 0.2) is 0 Å². The van der Waals surface area contributed by atoms with E-state index in [4.69, 9.17) is 4.18 Å². The van der Waals surface area contributed by atoms with Crippen LogP contribution in [0.4, 0.5) is 0 Å². The highest BCUT2D eigenvalue weighted by molar-refractivity contribution is 7.75. The van der Waals surface area contributed by atoms with E-state index in [1.165, 1.54) is 6.42 Å². The largest absolute Gasteiger partial charge is 0.313 e. The second-order valence-corrected chi connectivity index (χ2v) is 4.73. The van der Waals surface area contributed by atoms with Gasteiger partial charge in [-0.1, -0.05) is 27.2 Å². The van der Waals surface area contributed by atoms with Crippen molar-refractivity contribution in [2.45, 2.75) is 53.1 Å². The average molecular weight is 176 g/mol. The van der Waals surface area contributed by atoms with E-state index in [2.05, 4.69) is 47.5 Å². The molecule has 0 bridgehead atoms. The molecule has 0 N–H and O–H groups in total. The lowest BCUT2D eigenvalue weighted by Crippen LogP contribution is -2.28. The van der Waals surface area contributed by atoms with Gasteiger partial charge in [-0.15, -0.1) is 0 Å². The smallest absolute Gasteiger partial charge is 0.0775 e. The van der Waals surface area contributed by atoms with Crippen LogP contribution in [0.3, 0.4) is 0 Å². The topological polar surface area (TPSA) is 9.23 Å². The number of hydrogen-bond donors (Lipinski definition) is 1. The number of thiol groups is 1. The molecule has 0 aliphatic rings. The molecule has 0 fully saturated rings. The maximum Gasteiger partial charge on any atom is 0.0775 e. The Kier molecular flexibility index (Phi) is 3.92. The highest BCUT2D eigenvalue weighted by Gasteiger charge is 2.27. The third-order valence-electron chi connectivity index (χ3n) is 2.11. The van der Waals surface area contributed by atoms with Crippen LogP contribution in [-0.2, 0) is 4.18 Å². The molecule has 0 aromatic carbocycles. The Morgan fingerprint density at radius 1 is 1.18 bits per heavy atom. The van der Waals surface area contributed by atoms with Crippen molar-refractivity contribution >= 4 is 12.9 Å². The molecular formula is C9H20OS. The molecule has 0 saturated carbocycles. The van der Waals surface area contributed by atoms with E-state index in [0.29, 0.717) is 5.41 Å². The van der Waals surface area contributed by atoms with Crippen LogP contribution in [0.25, 0.3) is 0 Å². The molecule has 0 radical (unpaired) electrons. The third kappa shape index (κ3) is 4.70. The molecule has 0 aromatic heterocycles. The molecule has 0 unspecified atom stereocenters. The van der Waals surface area contributed by atoms with E-state index in [1.54, 1.807) is 0 Å². The first kappa shape index (κ1) is 11.3. The monoisotopic (exact) mass is 176 g/mol. The number of rotatable bonds is 4. The van der Waals surface area contributed by atoms with Gasteiger partial charge in [-0.05, 0) is 38.6 Å². The third-order valence-corrected chi connectivity index (χ3v) is 2.60. The molecule has 0 rings (SSSR count). The quantitative estimate of drug-likeness (QED) is 0.510. The van der Waals surface area contributed by atoms with Crippen molar-refractivity contribution in [3.63, 3.8) is 0 Å². The molecule has 68 valence electrons. The zero-order chi connectivity index (χ0) is 9.12. The Labute approximate surface area is 76.1 Å². The normalized spacial score (nSPS) is 13.6. The summed E-state index contributed by atoms with van der Waals surface area (Å²) in [6.07, 6.45) is 2.22. The molecule has 0 aliphatic carbocycles. The van der Waals surface area contributed by atoms with Crippen LogP contribution in [0.1, 0.15) is 47.5 Å². The second-order valence-electron chi connectivity index (χ2n) is 4.55. The van der Waals surface area contributed by atoms with E-state index in [1.807, 2.05) is 0 Å². The SMILES string of the molecule is CCC(C)(C)CC(C)(C)OS. The zero-order valence-corrected chi connectivity index (χ0v) is 9.16. The van der Waals surface area contributed by atoms with Crippen LogP contribution in [0.2, 0.25) is 0 Å². The molecule has 0 heterocycles. The van der Waals surface area contributed by atoms with Crippen molar-refractivity contribution < 1.29 is 4.18 Å². The Balaban J connectivity index is 4.02. The van der Waals surface area contributed by atoms with Gasteiger partial charge >= 0.3 is 0 Å². The maximum atomic E-state index is 5.07. The van der Waals surface area contributed by atoms with Gasteiger partial charge in [0.2, 0.25) is 0 Å². The Hall–Kier alpha value is 0.310. The molecule has 0 aromatic rings. The van der Waals surface area contributed by atoms with Crippen molar-refractivity contribution in [2.75, 3.05) is 0 Å². The minimum absolute atomic E-state index is 0.109. The first-order chi connectivity index (χ1) is 4.83. The average Bonchev–Trinajstić information content (AvgIpc) is 1.86. The van der Waals surface area contributed by atoms with E-state index in [0.717, 1.165) is 6.42 Å². The molecule has 0 aliphatic heterocycles. The standard InChI is InChI=1S/C9H20OS/c1-6-8(2,3)7-9(4,5)10-11/h11H,6-7H2,1-5H3. The van der Waals surface area contributed by atoms with Crippen molar-refractivity contribution in [1.29, 1.82) is 0 Å². The summed E-state index contributed by atoms with van der Waals surface area (Å²) in [4.78, 5) is 0. The molecule has 0 amide bonds. The molecular weight excluding hydrogens is 156 g/mol. The summed E-state index contributed by atoms with van der Waals surface area (Å²) in [6.45, 7) is 10.8. The van der Waals surface area contributed by atoms with Gasteiger partial charge in [-0.3, -0.25) is 0 Å². The lowest BCUT2D eigenvalue weighted by atomic mass is 9.80. The van der Waals surface area contributed by atoms with Crippen LogP contribution >= 0.6 is 12.9 Å². The summed E-state index contributed by atoms with van der Waals surface area (Å²) in [7, 11) is 0. The van der Waals surface area contributed by atoms with Crippen LogP contribution in [-0.4, -0.2) is 5.60 Å². The van der Waals surface area contributed by atoms with E-state index >= 15 is 0 Å². The fraction of sp³-hybridized carbons (Fsp3) is 1.00. The summed E-state index contributed by atoms with van der Waals surface area (Å²) in [5.74, 6) is 0. The van der Waals surface area contributed by atoms with E-state index < -0.39 is 0 Å². The summed E-state index contributed by atoms with van der Waals surface area (Å²) >= 11 is 3.85. The van der Waals surface area contributed by atoms with Gasteiger partial charge in [0.1, 0.15) is 0 Å². The molecule has 0 saturated heterocycles. The fourth-order valence-electron chi connectivity index (χ4n) is 1.31. The first-order valence-corrected chi connectivity index (χ1v) is 4.52. The Morgan fingerprint density at radius 2 is 1.64 bits per heavy atom. The summed E-state index contributed by atoms with van der Waals surface area (Å²) in [6, 6.07) is 0. The molecule has 11 heavy (non-hydrogen) atoms. The van der Waals surface area contributed by atoms with Gasteiger partial charge in [0, 0.05) is 0 Å². The van der Waals surface area contributed by atoms with E-state index in [-0.39, 0.29) is 5.60 Å². The summed E-state index contributed by atoms with van der Waals surface area (Å²) in [5.41, 5.74) is 0.245. The van der Waals surface area contributed by atoms with Gasteiger partial charge in [0.05, 0.1) is 5.60 Å². The van der Waals surface area contributed by atoms with Crippen LogP contribution in [0.5, 0.6) is 0 Å². The van der Waals surface area contributed by atoms with Crippen LogP contribution < -0.4 is 0 Å². The van der Waals surface area contributed by atoms with Gasteiger partial charge in [-0.2, -0.15) is 0 Å². The van der Waals surface area contributed by atoms with Gasteiger partial charge < -0.3 is 4.18 Å². The maximum absolute atomic E-state index is 5.07. The first-order valence-electron chi connectivity index (χ1n) is 4.15. The Morgan fingerprint density at radius 3 is 1.91 bits per heavy atom. The van der Waals surface area contributed by atoms with E-state index in [9.17, 15) is 0 Å². The lowest BCUT2D eigenvalue weighted by molar-refractivity contribution is 0.0791. The van der Waals surface area contributed by atoms with Gasteiger partial charge in [-0.25, -0.2) is 0 Å². The van der Waals surface area contributed by atoms with Crippen molar-refractivity contribution in [2.24, 2.45) is 5.41 Å². The molecule has 0 atom stereocenters. The zero-order valence-electron chi connectivity index (χ0n) is 8.27. The number of hydrogen-bond acceptors (Lipinski definition) is 2. The van der Waals surface area contributed by atoms with Crippen LogP contribution in [0, 0.1) is 5.41 Å². The van der Waals surface area contributed by atoms with Gasteiger partial charge in [0.15, 0.2) is 0 Å². The minimum Gasteiger partial charge on any atom is -0.313 e. The van der Waals surface area contributed by atoms with Crippen molar-refractivity contribution in [1.82, 2.24) is 0 Å². The lowest BCUT2D eigenvalue weighted by Gasteiger charge is -2.32. The molecule has 0 spiro atoms.